The van der Waals surface area contributed by atoms with Gasteiger partial charge in [-0.25, -0.2) is 0 Å². The van der Waals surface area contributed by atoms with Gasteiger partial charge < -0.3 is 24.7 Å². The highest BCUT2D eigenvalue weighted by Crippen LogP contribution is 2.24. The van der Waals surface area contributed by atoms with Crippen molar-refractivity contribution in [3.05, 3.63) is 106 Å². The number of carbonyl (C=O) groups is 1. The Labute approximate surface area is 224 Å². The third-order valence-electron chi connectivity index (χ3n) is 6.06. The van der Waals surface area contributed by atoms with Gasteiger partial charge >= 0.3 is 0 Å². The van der Waals surface area contributed by atoms with Crippen LogP contribution >= 0.6 is 11.6 Å². The van der Waals surface area contributed by atoms with Crippen LogP contribution in [0.2, 0.25) is 5.02 Å². The molecule has 3 heterocycles. The summed E-state index contributed by atoms with van der Waals surface area (Å²) in [5.74, 6) is 1.18. The van der Waals surface area contributed by atoms with Gasteiger partial charge in [-0.3, -0.25) is 14.6 Å². The molecule has 2 aromatic heterocycles. The van der Waals surface area contributed by atoms with Crippen molar-refractivity contribution in [3.8, 4) is 11.5 Å². The summed E-state index contributed by atoms with van der Waals surface area (Å²) >= 11 is 6.05. The van der Waals surface area contributed by atoms with Crippen LogP contribution in [-0.2, 0) is 11.3 Å². The van der Waals surface area contributed by atoms with E-state index in [4.69, 9.17) is 21.1 Å². The molecule has 9 nitrogen and oxygen atoms in total. The van der Waals surface area contributed by atoms with Gasteiger partial charge in [0.05, 0.1) is 6.54 Å². The minimum Gasteiger partial charge on any atom is -0.457 e. The topological polar surface area (TPSA) is 107 Å². The van der Waals surface area contributed by atoms with Gasteiger partial charge in [0.2, 0.25) is 5.95 Å². The molecule has 0 bridgehead atoms. The molecule has 2 N–H and O–H groups in total. The number of halogens is 1. The van der Waals surface area contributed by atoms with Gasteiger partial charge in [0.25, 0.3) is 11.5 Å². The highest BCUT2D eigenvalue weighted by Gasteiger charge is 2.21. The van der Waals surface area contributed by atoms with E-state index in [1.807, 2.05) is 24.3 Å². The van der Waals surface area contributed by atoms with Crippen LogP contribution in [0.1, 0.15) is 28.8 Å². The first-order chi connectivity index (χ1) is 18.5. The SMILES string of the molecule is O=C(NC1CCOCC1)c1cn(Cc2ccc(Cl)cc2)c(Nc2ccc(Oc3ccncc3)cc2)nc1=O. The van der Waals surface area contributed by atoms with E-state index in [1.54, 1.807) is 59.6 Å². The second-order valence-corrected chi connectivity index (χ2v) is 9.27. The van der Waals surface area contributed by atoms with E-state index < -0.39 is 11.5 Å². The summed E-state index contributed by atoms with van der Waals surface area (Å²) < 4.78 is 12.9. The Morgan fingerprint density at radius 3 is 2.39 bits per heavy atom. The van der Waals surface area contributed by atoms with Crippen LogP contribution in [-0.4, -0.2) is 39.7 Å². The molecule has 1 saturated heterocycles. The number of aromatic nitrogens is 3. The number of ether oxygens (including phenoxy) is 2. The van der Waals surface area contributed by atoms with Crippen molar-refractivity contribution in [2.45, 2.75) is 25.4 Å². The van der Waals surface area contributed by atoms with Crippen LogP contribution < -0.4 is 20.9 Å². The second-order valence-electron chi connectivity index (χ2n) is 8.83. The Hall–Kier alpha value is -4.21. The fraction of sp³-hybridized carbons (Fsp3) is 0.214. The van der Waals surface area contributed by atoms with E-state index in [2.05, 4.69) is 20.6 Å². The lowest BCUT2D eigenvalue weighted by atomic mass is 10.1. The van der Waals surface area contributed by atoms with E-state index in [1.165, 1.54) is 0 Å². The van der Waals surface area contributed by atoms with E-state index in [9.17, 15) is 9.59 Å². The zero-order valence-electron chi connectivity index (χ0n) is 20.5. The number of nitrogens with one attached hydrogen (secondary N) is 2. The molecule has 0 radical (unpaired) electrons. The number of pyridine rings is 1. The molecule has 194 valence electrons. The molecule has 1 aliphatic rings. The second kappa shape index (κ2) is 11.9. The van der Waals surface area contributed by atoms with Gasteiger partial charge in [0.1, 0.15) is 17.1 Å². The Morgan fingerprint density at radius 2 is 1.68 bits per heavy atom. The minimum absolute atomic E-state index is 0.0166. The standard InChI is InChI=1S/C28H26ClN5O4/c29-20-3-1-19(2-4-20)17-34-18-25(26(35)31-22-11-15-37-16-12-22)27(36)33-28(34)32-21-5-7-23(8-6-21)38-24-9-13-30-14-10-24/h1-10,13-14,18,22H,11-12,15-17H2,(H,31,35)(H,32,33,36). The number of anilines is 2. The molecular weight excluding hydrogens is 506 g/mol. The number of hydrogen-bond donors (Lipinski definition) is 2. The fourth-order valence-electron chi connectivity index (χ4n) is 4.04. The largest absolute Gasteiger partial charge is 0.457 e. The van der Waals surface area contributed by atoms with Crippen LogP contribution in [0.5, 0.6) is 11.5 Å². The van der Waals surface area contributed by atoms with Gasteiger partial charge in [-0.2, -0.15) is 4.98 Å². The summed E-state index contributed by atoms with van der Waals surface area (Å²) in [6, 6.07) is 18.1. The Kier molecular flexibility index (Phi) is 7.96. The maximum Gasteiger partial charge on any atom is 0.287 e. The van der Waals surface area contributed by atoms with Crippen LogP contribution in [0.4, 0.5) is 11.6 Å². The number of hydrogen-bond acceptors (Lipinski definition) is 7. The molecule has 0 atom stereocenters. The third-order valence-corrected chi connectivity index (χ3v) is 6.31. The summed E-state index contributed by atoms with van der Waals surface area (Å²) in [7, 11) is 0. The molecular formula is C28H26ClN5O4. The number of rotatable bonds is 8. The summed E-state index contributed by atoms with van der Waals surface area (Å²) in [6.07, 6.45) is 6.27. The molecule has 4 aromatic rings. The van der Waals surface area contributed by atoms with Gasteiger partial charge in [0, 0.05) is 48.6 Å². The summed E-state index contributed by atoms with van der Waals surface area (Å²) in [5, 5.41) is 6.76. The van der Waals surface area contributed by atoms with Crippen molar-refractivity contribution in [1.82, 2.24) is 19.9 Å². The zero-order valence-corrected chi connectivity index (χ0v) is 21.2. The molecule has 1 fully saturated rings. The average molecular weight is 532 g/mol. The first-order valence-corrected chi connectivity index (χ1v) is 12.6. The Balaban J connectivity index is 1.39. The monoisotopic (exact) mass is 531 g/mol. The van der Waals surface area contributed by atoms with Crippen molar-refractivity contribution in [2.24, 2.45) is 0 Å². The molecule has 0 unspecified atom stereocenters. The van der Waals surface area contributed by atoms with Crippen molar-refractivity contribution in [3.63, 3.8) is 0 Å². The lowest BCUT2D eigenvalue weighted by Gasteiger charge is -2.23. The van der Waals surface area contributed by atoms with E-state index in [-0.39, 0.29) is 11.6 Å². The van der Waals surface area contributed by atoms with E-state index in [0.29, 0.717) is 60.8 Å². The summed E-state index contributed by atoms with van der Waals surface area (Å²) in [6.45, 7) is 1.53. The van der Waals surface area contributed by atoms with Crippen LogP contribution in [0, 0.1) is 0 Å². The molecule has 1 aliphatic heterocycles. The predicted octanol–water partition coefficient (Wildman–Crippen LogP) is 4.78. The van der Waals surface area contributed by atoms with Crippen molar-refractivity contribution in [2.75, 3.05) is 18.5 Å². The van der Waals surface area contributed by atoms with Crippen LogP contribution in [0.25, 0.3) is 0 Å². The minimum atomic E-state index is -0.609. The number of nitrogens with zero attached hydrogens (tertiary/aromatic N) is 3. The molecule has 0 spiro atoms. The fourth-order valence-corrected chi connectivity index (χ4v) is 4.16. The van der Waals surface area contributed by atoms with Gasteiger partial charge in [0.15, 0.2) is 0 Å². The van der Waals surface area contributed by atoms with Gasteiger partial charge in [-0.15, -0.1) is 0 Å². The average Bonchev–Trinajstić information content (AvgIpc) is 2.93. The van der Waals surface area contributed by atoms with Crippen molar-refractivity contribution < 1.29 is 14.3 Å². The number of carbonyl (C=O) groups excluding carboxylic acids is 1. The molecule has 10 heteroatoms. The number of amides is 1. The maximum absolute atomic E-state index is 13.0. The maximum atomic E-state index is 13.0. The lowest BCUT2D eigenvalue weighted by molar-refractivity contribution is 0.0695. The number of benzene rings is 2. The molecule has 0 saturated carbocycles. The van der Waals surface area contributed by atoms with E-state index in [0.717, 1.165) is 5.56 Å². The third kappa shape index (κ3) is 6.56. The predicted molar refractivity (Wildman–Crippen MR) is 144 cm³/mol. The molecule has 0 aliphatic carbocycles. The summed E-state index contributed by atoms with van der Waals surface area (Å²) in [4.78, 5) is 34.1. The molecule has 38 heavy (non-hydrogen) atoms. The molecule has 2 aromatic carbocycles. The quantitative estimate of drug-likeness (QED) is 0.337. The van der Waals surface area contributed by atoms with Crippen LogP contribution in [0.3, 0.4) is 0 Å². The molecule has 5 rings (SSSR count). The first-order valence-electron chi connectivity index (χ1n) is 12.2. The lowest BCUT2D eigenvalue weighted by Crippen LogP contribution is -2.41. The van der Waals surface area contributed by atoms with Crippen molar-refractivity contribution in [1.29, 1.82) is 0 Å². The highest BCUT2D eigenvalue weighted by atomic mass is 35.5. The van der Waals surface area contributed by atoms with Gasteiger partial charge in [-0.05, 0) is 66.9 Å². The zero-order chi connectivity index (χ0) is 26.3. The van der Waals surface area contributed by atoms with Crippen molar-refractivity contribution >= 4 is 29.1 Å². The highest BCUT2D eigenvalue weighted by molar-refractivity contribution is 6.30. The Bertz CT molecular complexity index is 1440. The van der Waals surface area contributed by atoms with Gasteiger partial charge in [-0.1, -0.05) is 23.7 Å². The molecule has 1 amide bonds. The van der Waals surface area contributed by atoms with Crippen LogP contribution in [0.15, 0.2) is 84.0 Å². The van der Waals surface area contributed by atoms with E-state index >= 15 is 0 Å². The normalized spacial score (nSPS) is 13.6. The summed E-state index contributed by atoms with van der Waals surface area (Å²) in [5.41, 5.74) is 1.00. The Morgan fingerprint density at radius 1 is 1.00 bits per heavy atom. The smallest absolute Gasteiger partial charge is 0.287 e. The first kappa shape index (κ1) is 25.4.